The van der Waals surface area contributed by atoms with E-state index in [1.807, 2.05) is 36.6 Å². The van der Waals surface area contributed by atoms with Gasteiger partial charge in [0.2, 0.25) is 0 Å². The lowest BCUT2D eigenvalue weighted by Crippen LogP contribution is -2.16. The molecule has 1 N–H and O–H groups in total. The number of fused-ring (bicyclic) bond motifs is 1. The van der Waals surface area contributed by atoms with Gasteiger partial charge in [-0.15, -0.1) is 11.3 Å². The quantitative estimate of drug-likeness (QED) is 0.805. The second-order valence-corrected chi connectivity index (χ2v) is 5.50. The molecule has 0 aliphatic heterocycles. The average Bonchev–Trinajstić information content (AvgIpc) is 2.87. The van der Waals surface area contributed by atoms with Crippen molar-refractivity contribution in [1.29, 1.82) is 0 Å². The van der Waals surface area contributed by atoms with E-state index in [4.69, 9.17) is 4.74 Å². The summed E-state index contributed by atoms with van der Waals surface area (Å²) in [6, 6.07) is 9.20. The third kappa shape index (κ3) is 2.75. The SMILES string of the molecule is COc1ccc(NCc2cc(=O)n3c(C)csc3n2)cc1. The molecule has 108 valence electrons. The molecule has 0 aliphatic carbocycles. The molecule has 0 spiro atoms. The van der Waals surface area contributed by atoms with Crippen molar-refractivity contribution in [2.24, 2.45) is 0 Å². The molecular weight excluding hydrogens is 286 g/mol. The van der Waals surface area contributed by atoms with Crippen LogP contribution in [0.25, 0.3) is 4.96 Å². The molecule has 3 rings (SSSR count). The van der Waals surface area contributed by atoms with Crippen LogP contribution in [0.1, 0.15) is 11.4 Å². The van der Waals surface area contributed by atoms with Crippen molar-refractivity contribution in [2.75, 3.05) is 12.4 Å². The van der Waals surface area contributed by atoms with Crippen molar-refractivity contribution in [2.45, 2.75) is 13.5 Å². The van der Waals surface area contributed by atoms with Gasteiger partial charge in [0.25, 0.3) is 5.56 Å². The highest BCUT2D eigenvalue weighted by Crippen LogP contribution is 2.16. The van der Waals surface area contributed by atoms with Crippen LogP contribution in [0.4, 0.5) is 5.69 Å². The summed E-state index contributed by atoms with van der Waals surface area (Å²) in [5, 5.41) is 5.18. The normalized spacial score (nSPS) is 10.8. The molecule has 0 unspecified atom stereocenters. The van der Waals surface area contributed by atoms with E-state index in [2.05, 4.69) is 10.3 Å². The number of hydrogen-bond acceptors (Lipinski definition) is 5. The van der Waals surface area contributed by atoms with Gasteiger partial charge in [0, 0.05) is 22.8 Å². The Bertz CT molecular complexity index is 821. The Morgan fingerprint density at radius 3 is 2.81 bits per heavy atom. The van der Waals surface area contributed by atoms with E-state index in [9.17, 15) is 4.79 Å². The van der Waals surface area contributed by atoms with Crippen LogP contribution in [0.15, 0.2) is 40.5 Å². The van der Waals surface area contributed by atoms with E-state index >= 15 is 0 Å². The van der Waals surface area contributed by atoms with Gasteiger partial charge in [0.05, 0.1) is 19.3 Å². The Hall–Kier alpha value is -2.34. The van der Waals surface area contributed by atoms with Gasteiger partial charge >= 0.3 is 0 Å². The van der Waals surface area contributed by atoms with Crippen molar-refractivity contribution in [3.05, 3.63) is 57.5 Å². The number of anilines is 1. The summed E-state index contributed by atoms with van der Waals surface area (Å²) in [6.07, 6.45) is 0. The highest BCUT2D eigenvalue weighted by molar-refractivity contribution is 7.15. The van der Waals surface area contributed by atoms with Crippen LogP contribution >= 0.6 is 11.3 Å². The summed E-state index contributed by atoms with van der Waals surface area (Å²) in [5.74, 6) is 0.812. The van der Waals surface area contributed by atoms with Crippen molar-refractivity contribution in [1.82, 2.24) is 9.38 Å². The molecule has 0 saturated heterocycles. The van der Waals surface area contributed by atoms with E-state index in [1.165, 1.54) is 11.3 Å². The second kappa shape index (κ2) is 5.57. The minimum Gasteiger partial charge on any atom is -0.497 e. The zero-order valence-corrected chi connectivity index (χ0v) is 12.6. The molecule has 3 aromatic rings. The highest BCUT2D eigenvalue weighted by atomic mass is 32.1. The molecule has 0 radical (unpaired) electrons. The molecule has 0 aliphatic rings. The number of nitrogens with one attached hydrogen (secondary N) is 1. The smallest absolute Gasteiger partial charge is 0.259 e. The molecule has 2 aromatic heterocycles. The van der Waals surface area contributed by atoms with Crippen molar-refractivity contribution >= 4 is 22.0 Å². The molecule has 2 heterocycles. The van der Waals surface area contributed by atoms with Crippen LogP contribution in [0.5, 0.6) is 5.75 Å². The molecule has 5 nitrogen and oxygen atoms in total. The van der Waals surface area contributed by atoms with Gasteiger partial charge in [-0.2, -0.15) is 0 Å². The first kappa shape index (κ1) is 13.6. The monoisotopic (exact) mass is 301 g/mol. The third-order valence-corrected chi connectivity index (χ3v) is 4.14. The summed E-state index contributed by atoms with van der Waals surface area (Å²) in [5.41, 5.74) is 2.57. The minimum absolute atomic E-state index is 0.0368. The van der Waals surface area contributed by atoms with Crippen LogP contribution in [0, 0.1) is 6.92 Å². The number of rotatable bonds is 4. The first-order valence-corrected chi connectivity index (χ1v) is 7.40. The number of hydrogen-bond donors (Lipinski definition) is 1. The predicted octanol–water partition coefficient (Wildman–Crippen LogP) is 2.69. The lowest BCUT2D eigenvalue weighted by Gasteiger charge is -2.07. The molecule has 0 fully saturated rings. The summed E-state index contributed by atoms with van der Waals surface area (Å²) >= 11 is 1.48. The lowest BCUT2D eigenvalue weighted by molar-refractivity contribution is 0.415. The van der Waals surface area contributed by atoms with Crippen molar-refractivity contribution < 1.29 is 4.74 Å². The summed E-state index contributed by atoms with van der Waals surface area (Å²) in [4.78, 5) is 17.3. The van der Waals surface area contributed by atoms with Crippen LogP contribution in [0.2, 0.25) is 0 Å². The summed E-state index contributed by atoms with van der Waals surface area (Å²) in [6.45, 7) is 2.41. The van der Waals surface area contributed by atoms with Gasteiger partial charge in [-0.05, 0) is 31.2 Å². The topological polar surface area (TPSA) is 55.6 Å². The Balaban J connectivity index is 1.80. The molecular formula is C15H15N3O2S. The van der Waals surface area contributed by atoms with Gasteiger partial charge in [-0.1, -0.05) is 0 Å². The van der Waals surface area contributed by atoms with Gasteiger partial charge in [-0.3, -0.25) is 9.20 Å². The van der Waals surface area contributed by atoms with Gasteiger partial charge in [-0.25, -0.2) is 4.98 Å². The molecule has 1 aromatic carbocycles. The van der Waals surface area contributed by atoms with E-state index in [0.717, 1.165) is 27.8 Å². The van der Waals surface area contributed by atoms with Crippen LogP contribution in [0.3, 0.4) is 0 Å². The van der Waals surface area contributed by atoms with Gasteiger partial charge in [0.1, 0.15) is 5.75 Å². The summed E-state index contributed by atoms with van der Waals surface area (Å²) < 4.78 is 6.74. The second-order valence-electron chi connectivity index (χ2n) is 4.66. The van der Waals surface area contributed by atoms with Gasteiger partial charge < -0.3 is 10.1 Å². The zero-order valence-electron chi connectivity index (χ0n) is 11.8. The minimum atomic E-state index is -0.0368. The number of aromatic nitrogens is 2. The fraction of sp³-hybridized carbons (Fsp3) is 0.200. The number of methoxy groups -OCH3 is 1. The van der Waals surface area contributed by atoms with Crippen LogP contribution < -0.4 is 15.6 Å². The fourth-order valence-corrected chi connectivity index (χ4v) is 2.98. The van der Waals surface area contributed by atoms with E-state index in [1.54, 1.807) is 17.6 Å². The van der Waals surface area contributed by atoms with Gasteiger partial charge in [0.15, 0.2) is 4.96 Å². The molecule has 21 heavy (non-hydrogen) atoms. The predicted molar refractivity (Wildman–Crippen MR) is 84.4 cm³/mol. The lowest BCUT2D eigenvalue weighted by atomic mass is 10.3. The van der Waals surface area contributed by atoms with E-state index in [0.29, 0.717) is 6.54 Å². The Morgan fingerprint density at radius 1 is 1.33 bits per heavy atom. The molecule has 6 heteroatoms. The maximum absolute atomic E-state index is 12.1. The van der Waals surface area contributed by atoms with E-state index in [-0.39, 0.29) is 5.56 Å². The average molecular weight is 301 g/mol. The van der Waals surface area contributed by atoms with Crippen LogP contribution in [-0.4, -0.2) is 16.5 Å². The third-order valence-electron chi connectivity index (χ3n) is 3.19. The number of nitrogens with zero attached hydrogens (tertiary/aromatic N) is 2. The van der Waals surface area contributed by atoms with Crippen molar-refractivity contribution in [3.63, 3.8) is 0 Å². The number of aryl methyl sites for hydroxylation is 1. The number of thiazole rings is 1. The van der Waals surface area contributed by atoms with Crippen LogP contribution in [-0.2, 0) is 6.54 Å². The Morgan fingerprint density at radius 2 is 2.10 bits per heavy atom. The fourth-order valence-electron chi connectivity index (χ4n) is 2.09. The maximum atomic E-state index is 12.1. The number of ether oxygens (including phenoxy) is 1. The van der Waals surface area contributed by atoms with E-state index < -0.39 is 0 Å². The maximum Gasteiger partial charge on any atom is 0.259 e. The molecule has 0 amide bonds. The summed E-state index contributed by atoms with van der Waals surface area (Å²) in [7, 11) is 1.64. The molecule has 0 bridgehead atoms. The number of benzene rings is 1. The first-order valence-electron chi connectivity index (χ1n) is 6.52. The first-order chi connectivity index (χ1) is 10.2. The Kier molecular flexibility index (Phi) is 3.62. The molecule has 0 atom stereocenters. The van der Waals surface area contributed by atoms with Crippen molar-refractivity contribution in [3.8, 4) is 5.75 Å². The molecule has 0 saturated carbocycles. The standard InChI is InChI=1S/C15H15N3O2S/c1-10-9-21-15-17-12(7-14(19)18(10)15)8-16-11-3-5-13(20-2)6-4-11/h3-7,9,16H,8H2,1-2H3. The zero-order chi connectivity index (χ0) is 14.8. The largest absolute Gasteiger partial charge is 0.497 e. The highest BCUT2D eigenvalue weighted by Gasteiger charge is 2.06. The Labute approximate surface area is 125 Å².